The van der Waals surface area contributed by atoms with Gasteiger partial charge in [-0.25, -0.2) is 0 Å². The first-order chi connectivity index (χ1) is 15.5. The highest BCUT2D eigenvalue weighted by Gasteiger charge is 2.26. The van der Waals surface area contributed by atoms with Crippen LogP contribution in [0.4, 0.5) is 0 Å². The van der Waals surface area contributed by atoms with Gasteiger partial charge in [0, 0.05) is 22.0 Å². The molecule has 2 rings (SSSR count). The molecule has 0 aromatic heterocycles. The SMILES string of the molecule is CCC(C)(C)c1ccc(OCCCC(=O)OCC(=O)c2ccc(Br)cc2)c(C(C)(C)CC)c1. The second-order valence-electron chi connectivity index (χ2n) is 9.73. The molecule has 4 nitrogen and oxygen atoms in total. The molecule has 2 aromatic carbocycles. The van der Waals surface area contributed by atoms with E-state index in [1.165, 1.54) is 11.1 Å². The van der Waals surface area contributed by atoms with Crippen LogP contribution in [0.3, 0.4) is 0 Å². The number of hydrogen-bond acceptors (Lipinski definition) is 4. The van der Waals surface area contributed by atoms with Crippen molar-refractivity contribution in [1.82, 2.24) is 0 Å². The molecule has 0 aliphatic heterocycles. The number of rotatable bonds is 12. The third-order valence-electron chi connectivity index (χ3n) is 6.57. The van der Waals surface area contributed by atoms with Gasteiger partial charge in [0.25, 0.3) is 0 Å². The zero-order valence-corrected chi connectivity index (χ0v) is 22.4. The summed E-state index contributed by atoms with van der Waals surface area (Å²) in [6.45, 7) is 13.6. The molecule has 180 valence electrons. The average Bonchev–Trinajstić information content (AvgIpc) is 2.80. The lowest BCUT2D eigenvalue weighted by Gasteiger charge is -2.30. The Morgan fingerprint density at radius 2 is 1.55 bits per heavy atom. The molecule has 0 fully saturated rings. The van der Waals surface area contributed by atoms with Gasteiger partial charge in [-0.1, -0.05) is 81.7 Å². The molecule has 0 saturated carbocycles. The van der Waals surface area contributed by atoms with Crippen molar-refractivity contribution in [2.24, 2.45) is 0 Å². The Balaban J connectivity index is 1.90. The Morgan fingerprint density at radius 1 is 0.909 bits per heavy atom. The number of ketones is 1. The lowest BCUT2D eigenvalue weighted by Crippen LogP contribution is -2.21. The maximum atomic E-state index is 12.1. The van der Waals surface area contributed by atoms with Crippen LogP contribution in [0.5, 0.6) is 5.75 Å². The summed E-state index contributed by atoms with van der Waals surface area (Å²) in [5.41, 5.74) is 3.13. The van der Waals surface area contributed by atoms with Gasteiger partial charge in [-0.15, -0.1) is 0 Å². The standard InChI is InChI=1S/C28H37BrO4/c1-7-27(3,4)21-13-16-25(23(18-21)28(5,6)8-2)32-17-9-10-26(31)33-19-24(30)20-11-14-22(29)15-12-20/h11-16,18H,7-10,17,19H2,1-6H3. The predicted octanol–water partition coefficient (Wildman–Crippen LogP) is 7.41. The van der Waals surface area contributed by atoms with Gasteiger partial charge in [0.2, 0.25) is 0 Å². The monoisotopic (exact) mass is 516 g/mol. The molecule has 0 N–H and O–H groups in total. The van der Waals surface area contributed by atoms with E-state index in [4.69, 9.17) is 9.47 Å². The number of carbonyl (C=O) groups excluding carboxylic acids is 2. The third kappa shape index (κ3) is 7.70. The van der Waals surface area contributed by atoms with Gasteiger partial charge < -0.3 is 9.47 Å². The van der Waals surface area contributed by atoms with Crippen molar-refractivity contribution < 1.29 is 19.1 Å². The number of Topliss-reactive ketones (excluding diaryl/α,β-unsaturated/α-hetero) is 1. The van der Waals surface area contributed by atoms with Crippen LogP contribution < -0.4 is 4.74 Å². The van der Waals surface area contributed by atoms with Gasteiger partial charge in [-0.3, -0.25) is 9.59 Å². The summed E-state index contributed by atoms with van der Waals surface area (Å²) in [4.78, 5) is 24.2. The smallest absolute Gasteiger partial charge is 0.306 e. The molecule has 0 atom stereocenters. The normalized spacial score (nSPS) is 11.8. The largest absolute Gasteiger partial charge is 0.493 e. The number of esters is 1. The van der Waals surface area contributed by atoms with E-state index in [0.29, 0.717) is 18.6 Å². The van der Waals surface area contributed by atoms with E-state index in [2.05, 4.69) is 75.7 Å². The molecular formula is C28H37BrO4. The Morgan fingerprint density at radius 3 is 2.15 bits per heavy atom. The molecule has 0 aliphatic carbocycles. The van der Waals surface area contributed by atoms with Crippen molar-refractivity contribution in [2.75, 3.05) is 13.2 Å². The van der Waals surface area contributed by atoms with Crippen molar-refractivity contribution in [3.63, 3.8) is 0 Å². The van der Waals surface area contributed by atoms with Crippen LogP contribution in [0.2, 0.25) is 0 Å². The van der Waals surface area contributed by atoms with Gasteiger partial charge in [0.05, 0.1) is 6.61 Å². The van der Waals surface area contributed by atoms with Crippen molar-refractivity contribution in [3.05, 3.63) is 63.6 Å². The molecule has 0 radical (unpaired) electrons. The summed E-state index contributed by atoms with van der Waals surface area (Å²) in [6, 6.07) is 13.5. The molecular weight excluding hydrogens is 480 g/mol. The fraction of sp³-hybridized carbons (Fsp3) is 0.500. The van der Waals surface area contributed by atoms with Crippen LogP contribution in [0.15, 0.2) is 46.9 Å². The number of hydrogen-bond donors (Lipinski definition) is 0. The van der Waals surface area contributed by atoms with Crippen LogP contribution in [0, 0.1) is 0 Å². The van der Waals surface area contributed by atoms with E-state index < -0.39 is 5.97 Å². The molecule has 2 aromatic rings. The van der Waals surface area contributed by atoms with Crippen LogP contribution in [-0.2, 0) is 20.4 Å². The summed E-state index contributed by atoms with van der Waals surface area (Å²) in [5, 5.41) is 0. The highest BCUT2D eigenvalue weighted by molar-refractivity contribution is 9.10. The molecule has 0 aliphatic rings. The van der Waals surface area contributed by atoms with Gasteiger partial charge in [-0.2, -0.15) is 0 Å². The summed E-state index contributed by atoms with van der Waals surface area (Å²) >= 11 is 3.33. The van der Waals surface area contributed by atoms with Gasteiger partial charge in [0.15, 0.2) is 12.4 Å². The van der Waals surface area contributed by atoms with Crippen LogP contribution in [0.25, 0.3) is 0 Å². The number of benzene rings is 2. The molecule has 0 saturated heterocycles. The lowest BCUT2D eigenvalue weighted by molar-refractivity contribution is -0.142. The molecule has 0 spiro atoms. The fourth-order valence-corrected chi connectivity index (χ4v) is 3.60. The topological polar surface area (TPSA) is 52.6 Å². The minimum atomic E-state index is -0.391. The van der Waals surface area contributed by atoms with Crippen molar-refractivity contribution in [1.29, 1.82) is 0 Å². The summed E-state index contributed by atoms with van der Waals surface area (Å²) in [6.07, 6.45) is 2.80. The number of ether oxygens (including phenoxy) is 2. The van der Waals surface area contributed by atoms with E-state index in [0.717, 1.165) is 23.1 Å². The average molecular weight is 518 g/mol. The maximum Gasteiger partial charge on any atom is 0.306 e. The van der Waals surface area contributed by atoms with E-state index in [1.54, 1.807) is 24.3 Å². The van der Waals surface area contributed by atoms with E-state index >= 15 is 0 Å². The Kier molecular flexibility index (Phi) is 9.71. The molecule has 0 unspecified atom stereocenters. The molecule has 0 heterocycles. The second kappa shape index (κ2) is 11.8. The molecule has 33 heavy (non-hydrogen) atoms. The van der Waals surface area contributed by atoms with E-state index in [1.807, 2.05) is 0 Å². The summed E-state index contributed by atoms with van der Waals surface area (Å²) in [5.74, 6) is 0.267. The van der Waals surface area contributed by atoms with Crippen LogP contribution >= 0.6 is 15.9 Å². The zero-order valence-electron chi connectivity index (χ0n) is 20.8. The number of carbonyl (C=O) groups is 2. The Hall–Kier alpha value is -2.14. The van der Waals surface area contributed by atoms with Crippen molar-refractivity contribution in [2.45, 2.75) is 78.1 Å². The fourth-order valence-electron chi connectivity index (χ4n) is 3.34. The van der Waals surface area contributed by atoms with Crippen LogP contribution in [-0.4, -0.2) is 25.0 Å². The predicted molar refractivity (Wildman–Crippen MR) is 137 cm³/mol. The van der Waals surface area contributed by atoms with E-state index in [9.17, 15) is 9.59 Å². The summed E-state index contributed by atoms with van der Waals surface area (Å²) < 4.78 is 12.1. The van der Waals surface area contributed by atoms with Crippen molar-refractivity contribution >= 4 is 27.7 Å². The van der Waals surface area contributed by atoms with Gasteiger partial charge in [0.1, 0.15) is 5.75 Å². The first-order valence-electron chi connectivity index (χ1n) is 11.7. The minimum absolute atomic E-state index is 0.0124. The first kappa shape index (κ1) is 27.1. The molecule has 0 bridgehead atoms. The Labute approximate surface area is 207 Å². The third-order valence-corrected chi connectivity index (χ3v) is 7.10. The lowest BCUT2D eigenvalue weighted by atomic mass is 9.76. The van der Waals surface area contributed by atoms with Crippen molar-refractivity contribution in [3.8, 4) is 5.75 Å². The first-order valence-corrected chi connectivity index (χ1v) is 12.5. The quantitative estimate of drug-likeness (QED) is 0.167. The Bertz CT molecular complexity index is 945. The van der Waals surface area contributed by atoms with Crippen LogP contribution in [0.1, 0.15) is 88.7 Å². The van der Waals surface area contributed by atoms with Gasteiger partial charge in [-0.05, 0) is 53.9 Å². The van der Waals surface area contributed by atoms with Gasteiger partial charge >= 0.3 is 5.97 Å². The zero-order chi connectivity index (χ0) is 24.6. The highest BCUT2D eigenvalue weighted by atomic mass is 79.9. The second-order valence-corrected chi connectivity index (χ2v) is 10.6. The maximum absolute atomic E-state index is 12.1. The number of halogens is 1. The highest BCUT2D eigenvalue weighted by Crippen LogP contribution is 2.38. The summed E-state index contributed by atoms with van der Waals surface area (Å²) in [7, 11) is 0. The molecule has 0 amide bonds. The van der Waals surface area contributed by atoms with E-state index in [-0.39, 0.29) is 29.6 Å². The molecule has 5 heteroatoms. The minimum Gasteiger partial charge on any atom is -0.493 e.